The van der Waals surface area contributed by atoms with Crippen LogP contribution in [0.5, 0.6) is 5.75 Å². The Balaban J connectivity index is 2.17. The Morgan fingerprint density at radius 3 is 2.62 bits per heavy atom. The number of fused-ring (bicyclic) bond motifs is 3. The monoisotopic (exact) mass is 358 g/mol. The highest BCUT2D eigenvalue weighted by Gasteiger charge is 2.18. The number of methoxy groups -OCH3 is 1. The standard InChI is InChI=1S/C17H12Cl2N4O/c1-9-16-21-22-17(10-5-3-6-11(18)14(10)19)23(16)12-7-4-8-13(24-2)15(12)20-9/h3-8H,1-2H3. The molecule has 0 saturated carbocycles. The molecular formula is C17H12Cl2N4O. The molecular weight excluding hydrogens is 347 g/mol. The van der Waals surface area contributed by atoms with Gasteiger partial charge in [0.1, 0.15) is 11.3 Å². The second-order valence-corrected chi connectivity index (χ2v) is 6.09. The Labute approximate surface area is 147 Å². The van der Waals surface area contributed by atoms with Crippen molar-refractivity contribution in [3.8, 4) is 17.1 Å². The predicted molar refractivity (Wildman–Crippen MR) is 95.0 cm³/mol. The normalized spacial score (nSPS) is 11.3. The summed E-state index contributed by atoms with van der Waals surface area (Å²) in [7, 11) is 1.62. The number of aryl methyl sites for hydroxylation is 1. The molecule has 4 rings (SSSR count). The summed E-state index contributed by atoms with van der Waals surface area (Å²) in [5.74, 6) is 1.30. The minimum Gasteiger partial charge on any atom is -0.494 e. The van der Waals surface area contributed by atoms with Crippen LogP contribution in [-0.2, 0) is 0 Å². The summed E-state index contributed by atoms with van der Waals surface area (Å²) in [5.41, 5.74) is 3.72. The van der Waals surface area contributed by atoms with Gasteiger partial charge in [-0.05, 0) is 31.2 Å². The van der Waals surface area contributed by atoms with Crippen molar-refractivity contribution in [2.45, 2.75) is 6.92 Å². The van der Waals surface area contributed by atoms with Crippen LogP contribution in [0.25, 0.3) is 28.1 Å². The van der Waals surface area contributed by atoms with E-state index in [1.165, 1.54) is 0 Å². The van der Waals surface area contributed by atoms with Crippen LogP contribution in [0.15, 0.2) is 36.4 Å². The molecule has 7 heteroatoms. The molecule has 2 aromatic heterocycles. The summed E-state index contributed by atoms with van der Waals surface area (Å²) >= 11 is 12.5. The molecule has 0 saturated heterocycles. The van der Waals surface area contributed by atoms with Crippen LogP contribution in [-0.4, -0.2) is 26.7 Å². The highest BCUT2D eigenvalue weighted by atomic mass is 35.5. The third-order valence-corrected chi connectivity index (χ3v) is 4.72. The van der Waals surface area contributed by atoms with Gasteiger partial charge in [0.15, 0.2) is 11.5 Å². The smallest absolute Gasteiger partial charge is 0.183 e. The number of nitrogens with zero attached hydrogens (tertiary/aromatic N) is 4. The molecule has 0 atom stereocenters. The maximum atomic E-state index is 6.38. The number of hydrogen-bond acceptors (Lipinski definition) is 4. The molecule has 0 fully saturated rings. The van der Waals surface area contributed by atoms with Crippen molar-refractivity contribution in [3.63, 3.8) is 0 Å². The van der Waals surface area contributed by atoms with Gasteiger partial charge in [-0.2, -0.15) is 0 Å². The fourth-order valence-corrected chi connectivity index (χ4v) is 3.17. The first-order chi connectivity index (χ1) is 11.6. The molecule has 2 heterocycles. The van der Waals surface area contributed by atoms with Crippen molar-refractivity contribution >= 4 is 39.9 Å². The van der Waals surface area contributed by atoms with Gasteiger partial charge in [0.2, 0.25) is 0 Å². The number of rotatable bonds is 2. The molecule has 2 aromatic carbocycles. The van der Waals surface area contributed by atoms with Crippen LogP contribution in [0.3, 0.4) is 0 Å². The van der Waals surface area contributed by atoms with Crippen LogP contribution in [0.4, 0.5) is 0 Å². The van der Waals surface area contributed by atoms with Gasteiger partial charge >= 0.3 is 0 Å². The fourth-order valence-electron chi connectivity index (χ4n) is 2.78. The summed E-state index contributed by atoms with van der Waals surface area (Å²) in [6.45, 7) is 1.89. The van der Waals surface area contributed by atoms with E-state index in [4.69, 9.17) is 27.9 Å². The molecule has 0 aliphatic carbocycles. The van der Waals surface area contributed by atoms with E-state index in [1.807, 2.05) is 41.7 Å². The highest BCUT2D eigenvalue weighted by molar-refractivity contribution is 6.43. The van der Waals surface area contributed by atoms with Crippen molar-refractivity contribution < 1.29 is 4.74 Å². The lowest BCUT2D eigenvalue weighted by Gasteiger charge is -2.10. The minimum absolute atomic E-state index is 0.443. The molecule has 4 aromatic rings. The molecule has 0 bridgehead atoms. The molecule has 5 nitrogen and oxygen atoms in total. The number of halogens is 2. The van der Waals surface area contributed by atoms with Crippen molar-refractivity contribution in [1.29, 1.82) is 0 Å². The topological polar surface area (TPSA) is 52.3 Å². The molecule has 120 valence electrons. The minimum atomic E-state index is 0.443. The van der Waals surface area contributed by atoms with Crippen molar-refractivity contribution in [3.05, 3.63) is 52.1 Å². The number of ether oxygens (including phenoxy) is 1. The molecule has 0 aliphatic heterocycles. The molecule has 0 aliphatic rings. The van der Waals surface area contributed by atoms with E-state index in [1.54, 1.807) is 13.2 Å². The largest absolute Gasteiger partial charge is 0.494 e. The van der Waals surface area contributed by atoms with Gasteiger partial charge < -0.3 is 4.74 Å². The number of aromatic nitrogens is 4. The van der Waals surface area contributed by atoms with Crippen LogP contribution in [0.2, 0.25) is 10.0 Å². The molecule has 0 unspecified atom stereocenters. The zero-order chi connectivity index (χ0) is 16.8. The van der Waals surface area contributed by atoms with Crippen LogP contribution in [0, 0.1) is 6.92 Å². The SMILES string of the molecule is COc1cccc2c1nc(C)c1nnc(-c3cccc(Cl)c3Cl)n12. The van der Waals surface area contributed by atoms with Crippen LogP contribution >= 0.6 is 23.2 Å². The summed E-state index contributed by atoms with van der Waals surface area (Å²) in [5, 5.41) is 9.52. The number of para-hydroxylation sites is 1. The lowest BCUT2D eigenvalue weighted by molar-refractivity contribution is 0.418. The zero-order valence-corrected chi connectivity index (χ0v) is 14.4. The molecule has 0 spiro atoms. The van der Waals surface area contributed by atoms with Crippen molar-refractivity contribution in [1.82, 2.24) is 19.6 Å². The predicted octanol–water partition coefficient (Wildman–Crippen LogP) is 4.57. The first-order valence-electron chi connectivity index (χ1n) is 7.24. The molecule has 0 amide bonds. The van der Waals surface area contributed by atoms with Crippen molar-refractivity contribution in [2.75, 3.05) is 7.11 Å². The summed E-state index contributed by atoms with van der Waals surface area (Å²) < 4.78 is 7.36. The maximum Gasteiger partial charge on any atom is 0.183 e. The van der Waals surface area contributed by atoms with E-state index >= 15 is 0 Å². The Hall–Kier alpha value is -2.37. The first kappa shape index (κ1) is 15.2. The van der Waals surface area contributed by atoms with E-state index in [0.717, 1.165) is 16.7 Å². The average molecular weight is 359 g/mol. The van der Waals surface area contributed by atoms with E-state index in [9.17, 15) is 0 Å². The quantitative estimate of drug-likeness (QED) is 0.526. The Morgan fingerprint density at radius 1 is 1.04 bits per heavy atom. The summed E-state index contributed by atoms with van der Waals surface area (Å²) in [4.78, 5) is 4.61. The lowest BCUT2D eigenvalue weighted by atomic mass is 10.2. The maximum absolute atomic E-state index is 6.38. The second-order valence-electron chi connectivity index (χ2n) is 5.31. The Bertz CT molecular complexity index is 1090. The Kier molecular flexibility index (Phi) is 3.55. The van der Waals surface area contributed by atoms with Crippen LogP contribution < -0.4 is 4.74 Å². The summed E-state index contributed by atoms with van der Waals surface area (Å²) in [6.07, 6.45) is 0. The lowest BCUT2D eigenvalue weighted by Crippen LogP contribution is -1.99. The van der Waals surface area contributed by atoms with Gasteiger partial charge in [-0.25, -0.2) is 4.98 Å². The summed E-state index contributed by atoms with van der Waals surface area (Å²) in [6, 6.07) is 11.2. The second kappa shape index (κ2) is 5.61. The third kappa shape index (κ3) is 2.12. The van der Waals surface area contributed by atoms with E-state index in [-0.39, 0.29) is 0 Å². The molecule has 0 radical (unpaired) electrons. The Morgan fingerprint density at radius 2 is 1.83 bits per heavy atom. The highest BCUT2D eigenvalue weighted by Crippen LogP contribution is 2.35. The van der Waals surface area contributed by atoms with Gasteiger partial charge in [-0.1, -0.05) is 35.3 Å². The van der Waals surface area contributed by atoms with Gasteiger partial charge in [-0.3, -0.25) is 4.40 Å². The molecule has 0 N–H and O–H groups in total. The van der Waals surface area contributed by atoms with Gasteiger partial charge in [0.05, 0.1) is 28.4 Å². The number of hydrogen-bond donors (Lipinski definition) is 0. The fraction of sp³-hybridized carbons (Fsp3) is 0.118. The van der Waals surface area contributed by atoms with Gasteiger partial charge in [0.25, 0.3) is 0 Å². The zero-order valence-electron chi connectivity index (χ0n) is 12.9. The van der Waals surface area contributed by atoms with E-state index < -0.39 is 0 Å². The average Bonchev–Trinajstić information content (AvgIpc) is 3.03. The van der Waals surface area contributed by atoms with Crippen molar-refractivity contribution in [2.24, 2.45) is 0 Å². The van der Waals surface area contributed by atoms with E-state index in [2.05, 4.69) is 15.2 Å². The third-order valence-electron chi connectivity index (χ3n) is 3.90. The molecule has 24 heavy (non-hydrogen) atoms. The first-order valence-corrected chi connectivity index (χ1v) is 8.00. The number of benzene rings is 2. The van der Waals surface area contributed by atoms with E-state index in [0.29, 0.717) is 32.8 Å². The van der Waals surface area contributed by atoms with Gasteiger partial charge in [-0.15, -0.1) is 10.2 Å². The van der Waals surface area contributed by atoms with Gasteiger partial charge in [0, 0.05) is 5.56 Å². The van der Waals surface area contributed by atoms with Crippen LogP contribution in [0.1, 0.15) is 5.69 Å².